The molecule has 0 heterocycles. The van der Waals surface area contributed by atoms with Crippen molar-refractivity contribution in [2.24, 2.45) is 5.10 Å². The van der Waals surface area contributed by atoms with Gasteiger partial charge in [-0.25, -0.2) is 5.43 Å². The number of nitrogens with one attached hydrogen (secondary N) is 1. The molecule has 1 amide bonds. The molecule has 2 aromatic carbocycles. The minimum atomic E-state index is -0.495. The molecule has 0 radical (unpaired) electrons. The van der Waals surface area contributed by atoms with Gasteiger partial charge in [0.2, 0.25) is 5.91 Å². The van der Waals surface area contributed by atoms with Gasteiger partial charge in [0.15, 0.2) is 0 Å². The monoisotopic (exact) mass is 363 g/mol. The average molecular weight is 364 g/mol. The number of nitro benzene ring substituents is 1. The number of benzene rings is 2. The molecule has 0 spiro atoms. The summed E-state index contributed by atoms with van der Waals surface area (Å²) in [5.41, 5.74) is 3.70. The Morgan fingerprint density at radius 2 is 1.96 bits per heavy atom. The minimum Gasteiger partial charge on any atom is -0.272 e. The van der Waals surface area contributed by atoms with Crippen molar-refractivity contribution in [3.05, 3.63) is 74.8 Å². The summed E-state index contributed by atoms with van der Waals surface area (Å²) in [5, 5.41) is 15.3. The normalized spacial score (nSPS) is 10.7. The Hall–Kier alpha value is -2.38. The fourth-order valence-electron chi connectivity index (χ4n) is 1.81. The summed E-state index contributed by atoms with van der Waals surface area (Å²) in [6.45, 7) is 0. The fraction of sp³-hybridized carbons (Fsp3) is 0.125. The third-order valence-electron chi connectivity index (χ3n) is 2.94. The van der Waals surface area contributed by atoms with E-state index < -0.39 is 4.92 Å². The van der Waals surface area contributed by atoms with Gasteiger partial charge in [-0.05, 0) is 23.8 Å². The molecule has 0 fully saturated rings. The minimum absolute atomic E-state index is 0.0624. The van der Waals surface area contributed by atoms with Crippen molar-refractivity contribution in [1.82, 2.24) is 5.43 Å². The lowest BCUT2D eigenvalue weighted by Gasteiger charge is -2.02. The molecule has 0 aliphatic rings. The number of halogens is 1. The Morgan fingerprint density at radius 1 is 1.25 bits per heavy atom. The summed E-state index contributed by atoms with van der Waals surface area (Å²) in [7, 11) is 0. The van der Waals surface area contributed by atoms with Crippen LogP contribution in [0.5, 0.6) is 0 Å². The maximum atomic E-state index is 11.7. The second-order valence-corrected chi connectivity index (χ2v) is 6.15. The first-order chi connectivity index (χ1) is 11.6. The van der Waals surface area contributed by atoms with Gasteiger partial charge in [0.05, 0.1) is 22.5 Å². The molecule has 2 rings (SSSR count). The van der Waals surface area contributed by atoms with Crippen LogP contribution < -0.4 is 5.43 Å². The molecule has 0 atom stereocenters. The van der Waals surface area contributed by atoms with Gasteiger partial charge in [-0.3, -0.25) is 14.9 Å². The lowest BCUT2D eigenvalue weighted by atomic mass is 10.2. The second-order valence-electron chi connectivity index (χ2n) is 4.73. The highest BCUT2D eigenvalue weighted by Crippen LogP contribution is 2.16. The number of para-hydroxylation sites is 1. The van der Waals surface area contributed by atoms with Crippen molar-refractivity contribution in [3.63, 3.8) is 0 Å². The summed E-state index contributed by atoms with van der Waals surface area (Å²) in [4.78, 5) is 22.1. The van der Waals surface area contributed by atoms with Gasteiger partial charge in [-0.15, -0.1) is 11.8 Å². The van der Waals surface area contributed by atoms with Crippen LogP contribution in [0.4, 0.5) is 5.69 Å². The molecule has 0 unspecified atom stereocenters. The predicted molar refractivity (Wildman–Crippen MR) is 96.4 cm³/mol. The van der Waals surface area contributed by atoms with Gasteiger partial charge in [-0.1, -0.05) is 35.9 Å². The van der Waals surface area contributed by atoms with E-state index in [0.717, 1.165) is 5.56 Å². The Morgan fingerprint density at radius 3 is 2.67 bits per heavy atom. The van der Waals surface area contributed by atoms with Crippen LogP contribution in [0.15, 0.2) is 53.6 Å². The van der Waals surface area contributed by atoms with Crippen LogP contribution in [-0.4, -0.2) is 22.8 Å². The van der Waals surface area contributed by atoms with Crippen molar-refractivity contribution < 1.29 is 9.72 Å². The number of nitrogens with zero attached hydrogens (tertiary/aromatic N) is 2. The van der Waals surface area contributed by atoms with Crippen LogP contribution in [-0.2, 0) is 10.5 Å². The second kappa shape index (κ2) is 9.05. The zero-order chi connectivity index (χ0) is 17.4. The molecule has 124 valence electrons. The summed E-state index contributed by atoms with van der Waals surface area (Å²) >= 11 is 7.24. The van der Waals surface area contributed by atoms with E-state index in [1.807, 2.05) is 12.1 Å². The van der Waals surface area contributed by atoms with E-state index in [9.17, 15) is 14.9 Å². The van der Waals surface area contributed by atoms with Crippen LogP contribution >= 0.6 is 23.4 Å². The third-order valence-corrected chi connectivity index (χ3v) is 4.20. The van der Waals surface area contributed by atoms with Crippen LogP contribution in [0.1, 0.15) is 11.1 Å². The Bertz CT molecular complexity index is 750. The van der Waals surface area contributed by atoms with Crippen LogP contribution in [0.3, 0.4) is 0 Å². The molecule has 2 aromatic rings. The number of nitro groups is 1. The van der Waals surface area contributed by atoms with E-state index in [1.165, 1.54) is 24.0 Å². The smallest absolute Gasteiger partial charge is 0.272 e. The molecule has 0 aliphatic carbocycles. The number of hydrogen-bond acceptors (Lipinski definition) is 5. The van der Waals surface area contributed by atoms with E-state index in [-0.39, 0.29) is 17.3 Å². The van der Waals surface area contributed by atoms with E-state index in [0.29, 0.717) is 16.3 Å². The number of hydrazone groups is 1. The van der Waals surface area contributed by atoms with E-state index >= 15 is 0 Å². The lowest BCUT2D eigenvalue weighted by Crippen LogP contribution is -2.19. The van der Waals surface area contributed by atoms with Gasteiger partial charge >= 0.3 is 0 Å². The topological polar surface area (TPSA) is 84.6 Å². The third kappa shape index (κ3) is 5.68. The Balaban J connectivity index is 1.79. The van der Waals surface area contributed by atoms with Gasteiger partial charge in [-0.2, -0.15) is 5.10 Å². The van der Waals surface area contributed by atoms with Crippen LogP contribution in [0, 0.1) is 10.1 Å². The largest absolute Gasteiger partial charge is 0.278 e. The Labute approximate surface area is 148 Å². The first-order valence-electron chi connectivity index (χ1n) is 6.94. The number of hydrogen-bond donors (Lipinski definition) is 1. The van der Waals surface area contributed by atoms with Crippen molar-refractivity contribution in [3.8, 4) is 0 Å². The summed E-state index contributed by atoms with van der Waals surface area (Å²) in [6.07, 6.45) is 1.26. The first-order valence-corrected chi connectivity index (χ1v) is 8.47. The molecule has 0 bridgehead atoms. The molecule has 24 heavy (non-hydrogen) atoms. The van der Waals surface area contributed by atoms with Crippen LogP contribution in [0.25, 0.3) is 0 Å². The molecule has 8 heteroatoms. The number of rotatable bonds is 7. The number of amides is 1. The van der Waals surface area contributed by atoms with Crippen molar-refractivity contribution in [2.75, 3.05) is 5.75 Å². The highest BCUT2D eigenvalue weighted by Gasteiger charge is 2.10. The molecule has 0 saturated carbocycles. The molecule has 6 nitrogen and oxygen atoms in total. The van der Waals surface area contributed by atoms with E-state index in [4.69, 9.17) is 11.6 Å². The Kier molecular flexibility index (Phi) is 6.77. The molecule has 1 N–H and O–H groups in total. The maximum Gasteiger partial charge on any atom is 0.278 e. The van der Waals surface area contributed by atoms with E-state index in [2.05, 4.69) is 10.5 Å². The van der Waals surface area contributed by atoms with Gasteiger partial charge in [0.1, 0.15) is 0 Å². The zero-order valence-electron chi connectivity index (χ0n) is 12.5. The zero-order valence-corrected chi connectivity index (χ0v) is 14.1. The van der Waals surface area contributed by atoms with Crippen molar-refractivity contribution in [2.45, 2.75) is 5.75 Å². The average Bonchev–Trinajstić information content (AvgIpc) is 2.57. The van der Waals surface area contributed by atoms with Crippen LogP contribution in [0.2, 0.25) is 5.02 Å². The molecule has 0 aromatic heterocycles. The molecule has 0 aliphatic heterocycles. The van der Waals surface area contributed by atoms with Gasteiger partial charge in [0, 0.05) is 16.8 Å². The fourth-order valence-corrected chi connectivity index (χ4v) is 2.72. The van der Waals surface area contributed by atoms with Gasteiger partial charge < -0.3 is 0 Å². The highest BCUT2D eigenvalue weighted by molar-refractivity contribution is 7.99. The highest BCUT2D eigenvalue weighted by atomic mass is 35.5. The van der Waals surface area contributed by atoms with Gasteiger partial charge in [0.25, 0.3) is 5.69 Å². The summed E-state index contributed by atoms with van der Waals surface area (Å²) in [5.74, 6) is 0.638. The van der Waals surface area contributed by atoms with Crippen molar-refractivity contribution >= 4 is 41.2 Å². The number of thioether (sulfide) groups is 1. The SMILES string of the molecule is O=C(CSCc1ccc(Cl)cc1)N/N=C\c1ccccc1[N+](=O)[O-]. The predicted octanol–water partition coefficient (Wildman–Crippen LogP) is 3.63. The maximum absolute atomic E-state index is 11.7. The molecular weight excluding hydrogens is 350 g/mol. The summed E-state index contributed by atoms with van der Waals surface area (Å²) in [6, 6.07) is 13.6. The quantitative estimate of drug-likeness (QED) is 0.462. The molecule has 0 saturated heterocycles. The number of carbonyl (C=O) groups excluding carboxylic acids is 1. The standard InChI is InChI=1S/C16H14ClN3O3S/c17-14-7-5-12(6-8-14)10-24-11-16(21)19-18-9-13-3-1-2-4-15(13)20(22)23/h1-9H,10-11H2,(H,19,21)/b18-9-. The lowest BCUT2D eigenvalue weighted by molar-refractivity contribution is -0.385. The van der Waals surface area contributed by atoms with Crippen molar-refractivity contribution in [1.29, 1.82) is 0 Å². The molecular formula is C16H14ClN3O3S. The summed E-state index contributed by atoms with van der Waals surface area (Å²) < 4.78 is 0. The number of carbonyl (C=O) groups is 1. The first kappa shape index (κ1) is 18.0. The van der Waals surface area contributed by atoms with E-state index in [1.54, 1.807) is 30.3 Å².